The van der Waals surface area contributed by atoms with Crippen molar-refractivity contribution in [1.29, 1.82) is 0 Å². The lowest BCUT2D eigenvalue weighted by atomic mass is 10.1. The molecule has 0 bridgehead atoms. The minimum absolute atomic E-state index is 0.0501. The van der Waals surface area contributed by atoms with Crippen molar-refractivity contribution in [2.75, 3.05) is 32.1 Å². The second-order valence-corrected chi connectivity index (χ2v) is 6.54. The number of alkyl halides is 3. The average Bonchev–Trinajstić information content (AvgIpc) is 3.04. The van der Waals surface area contributed by atoms with E-state index in [4.69, 9.17) is 9.84 Å². The zero-order valence-corrected chi connectivity index (χ0v) is 16.4. The highest BCUT2D eigenvalue weighted by atomic mass is 19.4. The summed E-state index contributed by atoms with van der Waals surface area (Å²) in [6.45, 7) is -0.641. The Labute approximate surface area is 175 Å². The normalized spacial score (nSPS) is 14.1. The molecule has 0 saturated heterocycles. The van der Waals surface area contributed by atoms with Gasteiger partial charge in [0.25, 0.3) is 5.91 Å². The summed E-state index contributed by atoms with van der Waals surface area (Å²) in [7, 11) is 1.10. The number of hydrogen-bond acceptors (Lipinski definition) is 6. The van der Waals surface area contributed by atoms with Crippen LogP contribution < -0.4 is 10.1 Å². The molecular weight excluding hydrogens is 417 g/mol. The van der Waals surface area contributed by atoms with E-state index < -0.39 is 29.3 Å². The molecule has 2 aromatic rings. The summed E-state index contributed by atoms with van der Waals surface area (Å²) in [6.07, 6.45) is -4.77. The van der Waals surface area contributed by atoms with Crippen LogP contribution in [0.1, 0.15) is 5.56 Å². The van der Waals surface area contributed by atoms with Gasteiger partial charge in [-0.1, -0.05) is 18.2 Å². The molecular formula is C21H19F3N2O5. The lowest BCUT2D eigenvalue weighted by Gasteiger charge is -2.18. The van der Waals surface area contributed by atoms with Gasteiger partial charge in [0.2, 0.25) is 0 Å². The fourth-order valence-corrected chi connectivity index (χ4v) is 3.04. The van der Waals surface area contributed by atoms with E-state index in [1.807, 2.05) is 0 Å². The van der Waals surface area contributed by atoms with Gasteiger partial charge in [0.05, 0.1) is 37.1 Å². The van der Waals surface area contributed by atoms with Gasteiger partial charge < -0.3 is 24.8 Å². The van der Waals surface area contributed by atoms with E-state index in [9.17, 15) is 22.8 Å². The molecule has 1 aliphatic rings. The summed E-state index contributed by atoms with van der Waals surface area (Å²) in [5.74, 6) is -1.26. The number of anilines is 1. The molecule has 0 aromatic heterocycles. The zero-order valence-electron chi connectivity index (χ0n) is 16.4. The molecule has 1 heterocycles. The Hall–Kier alpha value is -3.53. The second-order valence-electron chi connectivity index (χ2n) is 6.54. The first kappa shape index (κ1) is 22.2. The molecule has 1 amide bonds. The quantitative estimate of drug-likeness (QED) is 0.649. The molecule has 2 aromatic carbocycles. The van der Waals surface area contributed by atoms with Crippen LogP contribution in [0.25, 0.3) is 0 Å². The van der Waals surface area contributed by atoms with Crippen LogP contribution in [0.3, 0.4) is 0 Å². The van der Waals surface area contributed by atoms with Crippen molar-refractivity contribution >= 4 is 17.6 Å². The van der Waals surface area contributed by atoms with Gasteiger partial charge in [0.1, 0.15) is 17.2 Å². The summed E-state index contributed by atoms with van der Waals surface area (Å²) < 4.78 is 51.3. The number of esters is 1. The number of carbonyl (C=O) groups excluding carboxylic acids is 2. The molecule has 10 heteroatoms. The molecule has 2 N–H and O–H groups in total. The SMILES string of the molecule is COC(=O)C1=C(Nc2ccc(Oc3ccccc3)cc2C(F)(F)F)C(=O)N(CCO)C1. The minimum atomic E-state index is -4.77. The number of halogens is 3. The highest BCUT2D eigenvalue weighted by molar-refractivity contribution is 6.08. The third kappa shape index (κ3) is 4.97. The van der Waals surface area contributed by atoms with Crippen LogP contribution in [0, 0.1) is 0 Å². The standard InChI is InChI=1S/C21H19F3N2O5/c1-30-20(29)15-12-26(9-10-27)19(28)18(15)25-17-8-7-14(11-16(17)21(22,23)24)31-13-5-3-2-4-6-13/h2-8,11,25,27H,9-10,12H2,1H3. The van der Waals surface area contributed by atoms with Gasteiger partial charge in [-0.3, -0.25) is 4.79 Å². The summed E-state index contributed by atoms with van der Waals surface area (Å²) in [5.41, 5.74) is -1.96. The van der Waals surface area contributed by atoms with Gasteiger partial charge in [-0.15, -0.1) is 0 Å². The van der Waals surface area contributed by atoms with Crippen LogP contribution in [0.2, 0.25) is 0 Å². The van der Waals surface area contributed by atoms with E-state index in [1.165, 1.54) is 6.07 Å². The lowest BCUT2D eigenvalue weighted by molar-refractivity contribution is -0.137. The number of benzene rings is 2. The highest BCUT2D eigenvalue weighted by Gasteiger charge is 2.38. The Morgan fingerprint density at radius 3 is 2.48 bits per heavy atom. The smallest absolute Gasteiger partial charge is 0.418 e. The number of hydrogen-bond donors (Lipinski definition) is 2. The number of aliphatic hydroxyl groups is 1. The Bertz CT molecular complexity index is 1010. The summed E-state index contributed by atoms with van der Waals surface area (Å²) in [4.78, 5) is 25.8. The average molecular weight is 436 g/mol. The number of nitrogens with zero attached hydrogens (tertiary/aromatic N) is 1. The van der Waals surface area contributed by atoms with Crippen LogP contribution in [0.5, 0.6) is 11.5 Å². The summed E-state index contributed by atoms with van der Waals surface area (Å²) in [6, 6.07) is 11.5. The molecule has 0 spiro atoms. The number of carbonyl (C=O) groups is 2. The molecule has 0 aliphatic carbocycles. The molecule has 0 atom stereocenters. The van der Waals surface area contributed by atoms with E-state index in [1.54, 1.807) is 30.3 Å². The van der Waals surface area contributed by atoms with Crippen LogP contribution >= 0.6 is 0 Å². The topological polar surface area (TPSA) is 88.1 Å². The van der Waals surface area contributed by atoms with E-state index >= 15 is 0 Å². The van der Waals surface area contributed by atoms with E-state index in [2.05, 4.69) is 10.1 Å². The number of nitrogens with one attached hydrogen (secondary N) is 1. The van der Waals surface area contributed by atoms with Gasteiger partial charge in [-0.2, -0.15) is 13.2 Å². The van der Waals surface area contributed by atoms with Gasteiger partial charge in [-0.05, 0) is 30.3 Å². The maximum Gasteiger partial charge on any atom is 0.418 e. The molecule has 3 rings (SSSR count). The van der Waals surface area contributed by atoms with E-state index in [-0.39, 0.29) is 36.7 Å². The number of β-amino-alcohol motifs (C(OH)–C–C–N with tert-alkyl or cyclic N) is 1. The number of para-hydroxylation sites is 1. The first-order valence-electron chi connectivity index (χ1n) is 9.17. The van der Waals surface area contributed by atoms with Crippen LogP contribution in [0.4, 0.5) is 18.9 Å². The van der Waals surface area contributed by atoms with Crippen molar-refractivity contribution in [3.63, 3.8) is 0 Å². The maximum atomic E-state index is 13.7. The monoisotopic (exact) mass is 436 g/mol. The van der Waals surface area contributed by atoms with Crippen molar-refractivity contribution < 1.29 is 37.3 Å². The first-order valence-corrected chi connectivity index (χ1v) is 9.17. The molecule has 31 heavy (non-hydrogen) atoms. The first-order chi connectivity index (χ1) is 14.7. The van der Waals surface area contributed by atoms with E-state index in [0.717, 1.165) is 24.1 Å². The summed E-state index contributed by atoms with van der Waals surface area (Å²) in [5, 5.41) is 11.5. The van der Waals surface area contributed by atoms with Crippen molar-refractivity contribution in [2.24, 2.45) is 0 Å². The Balaban J connectivity index is 1.97. The Morgan fingerprint density at radius 2 is 1.87 bits per heavy atom. The molecule has 0 fully saturated rings. The molecule has 0 saturated carbocycles. The van der Waals surface area contributed by atoms with Crippen molar-refractivity contribution in [3.05, 3.63) is 65.4 Å². The third-order valence-corrected chi connectivity index (χ3v) is 4.49. The van der Waals surface area contributed by atoms with Gasteiger partial charge in [-0.25, -0.2) is 4.79 Å². The van der Waals surface area contributed by atoms with Gasteiger partial charge >= 0.3 is 12.1 Å². The number of rotatable bonds is 7. The molecule has 0 unspecified atom stereocenters. The number of aliphatic hydroxyl groups excluding tert-OH is 1. The van der Waals surface area contributed by atoms with Crippen LogP contribution in [0.15, 0.2) is 59.8 Å². The molecule has 164 valence electrons. The second kappa shape index (κ2) is 9.09. The predicted octanol–water partition coefficient (Wildman–Crippen LogP) is 3.17. The number of ether oxygens (including phenoxy) is 2. The predicted molar refractivity (Wildman–Crippen MR) is 104 cm³/mol. The third-order valence-electron chi connectivity index (χ3n) is 4.49. The summed E-state index contributed by atoms with van der Waals surface area (Å²) >= 11 is 0. The number of methoxy groups -OCH3 is 1. The maximum absolute atomic E-state index is 13.7. The highest BCUT2D eigenvalue weighted by Crippen LogP contribution is 2.39. The van der Waals surface area contributed by atoms with Gasteiger partial charge in [0.15, 0.2) is 0 Å². The van der Waals surface area contributed by atoms with Crippen LogP contribution in [-0.4, -0.2) is 48.7 Å². The lowest BCUT2D eigenvalue weighted by Crippen LogP contribution is -2.31. The van der Waals surface area contributed by atoms with E-state index in [0.29, 0.717) is 5.75 Å². The number of amides is 1. The van der Waals surface area contributed by atoms with Crippen molar-refractivity contribution in [1.82, 2.24) is 4.90 Å². The molecule has 0 radical (unpaired) electrons. The van der Waals surface area contributed by atoms with Crippen LogP contribution in [-0.2, 0) is 20.5 Å². The van der Waals surface area contributed by atoms with Gasteiger partial charge in [0, 0.05) is 6.54 Å². The largest absolute Gasteiger partial charge is 0.466 e. The molecule has 1 aliphatic heterocycles. The van der Waals surface area contributed by atoms with Crippen molar-refractivity contribution in [2.45, 2.75) is 6.18 Å². The fourth-order valence-electron chi connectivity index (χ4n) is 3.04. The molecule has 7 nitrogen and oxygen atoms in total. The minimum Gasteiger partial charge on any atom is -0.466 e. The van der Waals surface area contributed by atoms with Crippen molar-refractivity contribution in [3.8, 4) is 11.5 Å². The Kier molecular flexibility index (Phi) is 6.50. The zero-order chi connectivity index (χ0) is 22.6. The Morgan fingerprint density at radius 1 is 1.16 bits per heavy atom. The fraction of sp³-hybridized carbons (Fsp3) is 0.238.